The number of rotatable bonds is 7. The van der Waals surface area contributed by atoms with Gasteiger partial charge in [0.05, 0.1) is 11.7 Å². The van der Waals surface area contributed by atoms with Crippen molar-refractivity contribution >= 4 is 11.9 Å². The van der Waals surface area contributed by atoms with Gasteiger partial charge in [-0.05, 0) is 52.6 Å². The summed E-state index contributed by atoms with van der Waals surface area (Å²) in [6.07, 6.45) is 4.21. The van der Waals surface area contributed by atoms with Gasteiger partial charge in [-0.25, -0.2) is 9.97 Å². The number of carboxylic acids is 1. The first kappa shape index (κ1) is 19.3. The summed E-state index contributed by atoms with van der Waals surface area (Å²) in [5, 5.41) is 11.0. The molecule has 1 aliphatic rings. The van der Waals surface area contributed by atoms with E-state index < -0.39 is 5.97 Å². The zero-order valence-corrected chi connectivity index (χ0v) is 15.3. The van der Waals surface area contributed by atoms with Gasteiger partial charge in [0, 0.05) is 18.2 Å². The fraction of sp³-hybridized carbons (Fsp3) is 0.667. The van der Waals surface area contributed by atoms with Crippen LogP contribution in [0.3, 0.4) is 0 Å². The number of piperidine rings is 1. The molecule has 1 aromatic rings. The van der Waals surface area contributed by atoms with Crippen LogP contribution in [0.2, 0.25) is 0 Å². The van der Waals surface area contributed by atoms with Crippen LogP contribution in [-0.2, 0) is 16.0 Å². The molecule has 0 saturated carbocycles. The molecule has 1 amide bonds. The topological polar surface area (TPSA) is 95.4 Å². The van der Waals surface area contributed by atoms with Crippen molar-refractivity contribution in [3.05, 3.63) is 23.3 Å². The van der Waals surface area contributed by atoms with E-state index in [0.29, 0.717) is 24.3 Å². The third kappa shape index (κ3) is 5.77. The number of carboxylic acid groups (broad SMARTS) is 1. The molecule has 1 atom stereocenters. The van der Waals surface area contributed by atoms with Crippen LogP contribution in [0, 0.1) is 6.92 Å². The number of likely N-dealkylation sites (tertiary alicyclic amines) is 1. The molecule has 25 heavy (non-hydrogen) atoms. The predicted molar refractivity (Wildman–Crippen MR) is 94.2 cm³/mol. The quantitative estimate of drug-likeness (QED) is 0.781. The minimum absolute atomic E-state index is 0.224. The Bertz CT molecular complexity index is 618. The minimum Gasteiger partial charge on any atom is -0.480 e. The van der Waals surface area contributed by atoms with Gasteiger partial charge in [-0.3, -0.25) is 14.5 Å². The minimum atomic E-state index is -1.04. The normalized spacial score (nSPS) is 18.3. The van der Waals surface area contributed by atoms with Crippen LogP contribution >= 0.6 is 0 Å². The maximum atomic E-state index is 11.7. The second-order valence-electron chi connectivity index (χ2n) is 6.84. The molecule has 0 radical (unpaired) electrons. The summed E-state index contributed by atoms with van der Waals surface area (Å²) in [4.78, 5) is 33.8. The molecule has 1 aliphatic heterocycles. The van der Waals surface area contributed by atoms with Crippen LogP contribution in [0.4, 0.5) is 0 Å². The van der Waals surface area contributed by atoms with Crippen LogP contribution in [0.5, 0.6) is 0 Å². The Morgan fingerprint density at radius 1 is 1.36 bits per heavy atom. The van der Waals surface area contributed by atoms with E-state index in [4.69, 9.17) is 5.11 Å². The summed E-state index contributed by atoms with van der Waals surface area (Å²) in [7, 11) is 0. The maximum Gasteiger partial charge on any atom is 0.322 e. The van der Waals surface area contributed by atoms with Crippen LogP contribution in [0.15, 0.2) is 6.07 Å². The molecule has 138 valence electrons. The zero-order chi connectivity index (χ0) is 18.4. The number of carbonyl (C=O) groups is 2. The van der Waals surface area contributed by atoms with Gasteiger partial charge in [0.15, 0.2) is 0 Å². The summed E-state index contributed by atoms with van der Waals surface area (Å²) in [6, 6.07) is 2.77. The lowest BCUT2D eigenvalue weighted by Gasteiger charge is -2.38. The molecule has 0 spiro atoms. The number of hydrogen-bond acceptors (Lipinski definition) is 5. The first-order valence-electron chi connectivity index (χ1n) is 8.95. The van der Waals surface area contributed by atoms with Gasteiger partial charge in [0.25, 0.3) is 0 Å². The number of aryl methyl sites for hydroxylation is 2. The van der Waals surface area contributed by atoms with E-state index in [1.165, 1.54) is 12.8 Å². The SMILES string of the molecule is Cc1nc(CCC(=O)NCC(=O)O)cc(C2CCCCN2C(C)C)n1. The lowest BCUT2D eigenvalue weighted by atomic mass is 9.96. The van der Waals surface area contributed by atoms with E-state index in [-0.39, 0.29) is 18.9 Å². The second-order valence-corrected chi connectivity index (χ2v) is 6.84. The molecule has 0 bridgehead atoms. The van der Waals surface area contributed by atoms with Gasteiger partial charge >= 0.3 is 5.97 Å². The highest BCUT2D eigenvalue weighted by molar-refractivity contribution is 5.81. The molecular formula is C18H28N4O3. The van der Waals surface area contributed by atoms with Gasteiger partial charge in [-0.15, -0.1) is 0 Å². The van der Waals surface area contributed by atoms with E-state index in [1.807, 2.05) is 13.0 Å². The smallest absolute Gasteiger partial charge is 0.322 e. The summed E-state index contributed by atoms with van der Waals surface area (Å²) in [6.45, 7) is 7.02. The number of amides is 1. The Morgan fingerprint density at radius 3 is 2.80 bits per heavy atom. The molecule has 7 heteroatoms. The molecule has 7 nitrogen and oxygen atoms in total. The molecule has 0 aliphatic carbocycles. The Hall–Kier alpha value is -2.02. The summed E-state index contributed by atoms with van der Waals surface area (Å²) in [5.74, 6) is -0.603. The Balaban J connectivity index is 2.06. The lowest BCUT2D eigenvalue weighted by Crippen LogP contribution is -2.39. The van der Waals surface area contributed by atoms with Crippen molar-refractivity contribution in [2.75, 3.05) is 13.1 Å². The van der Waals surface area contributed by atoms with Crippen molar-refractivity contribution in [2.45, 2.75) is 65.0 Å². The number of nitrogens with one attached hydrogen (secondary N) is 1. The predicted octanol–water partition coefficient (Wildman–Crippen LogP) is 1.85. The highest BCUT2D eigenvalue weighted by Gasteiger charge is 2.27. The first-order chi connectivity index (χ1) is 11.9. The van der Waals surface area contributed by atoms with Crippen molar-refractivity contribution in [3.63, 3.8) is 0 Å². The molecule has 2 N–H and O–H groups in total. The number of carbonyl (C=O) groups excluding carboxylic acids is 1. The monoisotopic (exact) mass is 348 g/mol. The third-order valence-corrected chi connectivity index (χ3v) is 4.50. The van der Waals surface area contributed by atoms with Crippen molar-refractivity contribution in [1.29, 1.82) is 0 Å². The van der Waals surface area contributed by atoms with Gasteiger partial charge in [0.1, 0.15) is 12.4 Å². The highest BCUT2D eigenvalue weighted by Crippen LogP contribution is 2.31. The molecular weight excluding hydrogens is 320 g/mol. The van der Waals surface area contributed by atoms with Crippen molar-refractivity contribution in [2.24, 2.45) is 0 Å². The largest absolute Gasteiger partial charge is 0.480 e. The van der Waals surface area contributed by atoms with Crippen LogP contribution in [-0.4, -0.2) is 51.0 Å². The molecule has 1 fully saturated rings. The summed E-state index contributed by atoms with van der Waals surface area (Å²) >= 11 is 0. The second kappa shape index (κ2) is 8.89. The Labute approximate surface area is 148 Å². The van der Waals surface area contributed by atoms with E-state index in [2.05, 4.69) is 34.0 Å². The van der Waals surface area contributed by atoms with E-state index >= 15 is 0 Å². The van der Waals surface area contributed by atoms with Crippen molar-refractivity contribution in [3.8, 4) is 0 Å². The fourth-order valence-electron chi connectivity index (χ4n) is 3.35. The Kier molecular flexibility index (Phi) is 6.87. The van der Waals surface area contributed by atoms with Crippen LogP contribution in [0.1, 0.15) is 62.8 Å². The van der Waals surface area contributed by atoms with Gasteiger partial charge < -0.3 is 10.4 Å². The first-order valence-corrected chi connectivity index (χ1v) is 8.95. The maximum absolute atomic E-state index is 11.7. The van der Waals surface area contributed by atoms with Gasteiger partial charge in [-0.1, -0.05) is 6.42 Å². The molecule has 2 heterocycles. The number of aromatic nitrogens is 2. The Morgan fingerprint density at radius 2 is 2.12 bits per heavy atom. The third-order valence-electron chi connectivity index (χ3n) is 4.50. The molecule has 1 aromatic heterocycles. The number of aliphatic carboxylic acids is 1. The summed E-state index contributed by atoms with van der Waals surface area (Å²) < 4.78 is 0. The highest BCUT2D eigenvalue weighted by atomic mass is 16.4. The van der Waals surface area contributed by atoms with E-state index in [1.54, 1.807) is 0 Å². The standard InChI is InChI=1S/C18H28N4O3/c1-12(2)22-9-5-4-6-16(22)15-10-14(20-13(3)21-15)7-8-17(23)19-11-18(24)25/h10,12,16H,4-9,11H2,1-3H3,(H,19,23)(H,24,25). The molecule has 2 rings (SSSR count). The van der Waals surface area contributed by atoms with E-state index in [0.717, 1.165) is 24.4 Å². The molecule has 1 saturated heterocycles. The molecule has 1 unspecified atom stereocenters. The average Bonchev–Trinajstić information content (AvgIpc) is 2.57. The number of hydrogen-bond donors (Lipinski definition) is 2. The average molecular weight is 348 g/mol. The number of nitrogens with zero attached hydrogens (tertiary/aromatic N) is 3. The zero-order valence-electron chi connectivity index (χ0n) is 15.3. The van der Waals surface area contributed by atoms with Crippen LogP contribution < -0.4 is 5.32 Å². The molecule has 0 aromatic carbocycles. The van der Waals surface area contributed by atoms with E-state index in [9.17, 15) is 9.59 Å². The van der Waals surface area contributed by atoms with Gasteiger partial charge in [0.2, 0.25) is 5.91 Å². The fourth-order valence-corrected chi connectivity index (χ4v) is 3.35. The van der Waals surface area contributed by atoms with Crippen molar-refractivity contribution in [1.82, 2.24) is 20.2 Å². The van der Waals surface area contributed by atoms with Crippen LogP contribution in [0.25, 0.3) is 0 Å². The van der Waals surface area contributed by atoms with Gasteiger partial charge in [-0.2, -0.15) is 0 Å². The summed E-state index contributed by atoms with van der Waals surface area (Å²) in [5.41, 5.74) is 1.86. The lowest BCUT2D eigenvalue weighted by molar-refractivity contribution is -0.137. The van der Waals surface area contributed by atoms with Crippen molar-refractivity contribution < 1.29 is 14.7 Å².